The highest BCUT2D eigenvalue weighted by molar-refractivity contribution is 7.99. The smallest absolute Gasteiger partial charge is 0.272 e. The van der Waals surface area contributed by atoms with Crippen LogP contribution in [0.15, 0.2) is 57.8 Å². The lowest BCUT2D eigenvalue weighted by molar-refractivity contribution is -0.113. The zero-order valence-corrected chi connectivity index (χ0v) is 20.0. The summed E-state index contributed by atoms with van der Waals surface area (Å²) in [4.78, 5) is 30.3. The number of halogens is 1. The minimum atomic E-state index is -0.560. The van der Waals surface area contributed by atoms with Crippen molar-refractivity contribution >= 4 is 44.9 Å². The van der Waals surface area contributed by atoms with Crippen LogP contribution in [0.25, 0.3) is 10.2 Å². The molecule has 9 heteroatoms. The third-order valence-corrected chi connectivity index (χ3v) is 7.08. The van der Waals surface area contributed by atoms with Crippen molar-refractivity contribution in [1.82, 2.24) is 9.55 Å². The molecule has 2 aromatic heterocycles. The maximum absolute atomic E-state index is 13.9. The molecule has 33 heavy (non-hydrogen) atoms. The number of nitrogens with zero attached hydrogens (tertiary/aromatic N) is 2. The molecule has 0 atom stereocenters. The molecule has 1 N–H and O–H groups in total. The molecule has 170 valence electrons. The number of carbonyl (C=O) groups excluding carboxylic acids is 1. The molecule has 1 amide bonds. The molecule has 2 aromatic carbocycles. The third kappa shape index (κ3) is 5.09. The summed E-state index contributed by atoms with van der Waals surface area (Å²) in [7, 11) is 1.38. The Hall–Kier alpha value is -3.17. The summed E-state index contributed by atoms with van der Waals surface area (Å²) in [6, 6.07) is 12.1. The first-order valence-electron chi connectivity index (χ1n) is 10.2. The zero-order valence-electron chi connectivity index (χ0n) is 18.3. The average Bonchev–Trinajstić information content (AvgIpc) is 3.26. The van der Waals surface area contributed by atoms with Gasteiger partial charge in [0, 0.05) is 11.8 Å². The van der Waals surface area contributed by atoms with E-state index in [0.29, 0.717) is 27.6 Å². The van der Waals surface area contributed by atoms with Crippen LogP contribution in [0, 0.1) is 19.7 Å². The minimum Gasteiger partial charge on any atom is -0.494 e. The van der Waals surface area contributed by atoms with Gasteiger partial charge in [0.15, 0.2) is 16.7 Å². The number of rotatable bonds is 7. The molecule has 0 bridgehead atoms. The van der Waals surface area contributed by atoms with E-state index in [-0.39, 0.29) is 23.0 Å². The van der Waals surface area contributed by atoms with Crippen LogP contribution in [0.5, 0.6) is 5.75 Å². The van der Waals surface area contributed by atoms with Crippen molar-refractivity contribution < 1.29 is 13.9 Å². The molecule has 0 aliphatic rings. The summed E-state index contributed by atoms with van der Waals surface area (Å²) in [5.74, 6) is -0.773. The summed E-state index contributed by atoms with van der Waals surface area (Å²) in [6.07, 6.45) is 0. The average molecular weight is 484 g/mol. The summed E-state index contributed by atoms with van der Waals surface area (Å²) in [6.45, 7) is 4.43. The second-order valence-corrected chi connectivity index (χ2v) is 9.38. The number of benzene rings is 2. The highest BCUT2D eigenvalue weighted by atomic mass is 32.2. The maximum Gasteiger partial charge on any atom is 0.272 e. The SMILES string of the molecule is COc1ccc(NC(=O)CSc2nc3ccsc3c(=O)n2Cc2ccc(C)c(C)c2)cc1F. The maximum atomic E-state index is 13.9. The number of carbonyl (C=O) groups is 1. The molecular weight excluding hydrogens is 461 g/mol. The first kappa shape index (κ1) is 23.0. The second-order valence-electron chi connectivity index (χ2n) is 7.53. The minimum absolute atomic E-state index is 0.0165. The van der Waals surface area contributed by atoms with Gasteiger partial charge in [-0.1, -0.05) is 30.0 Å². The third-order valence-electron chi connectivity index (χ3n) is 5.21. The van der Waals surface area contributed by atoms with Crippen molar-refractivity contribution in [2.24, 2.45) is 0 Å². The first-order chi connectivity index (χ1) is 15.9. The zero-order chi connectivity index (χ0) is 23.5. The molecule has 4 aromatic rings. The normalized spacial score (nSPS) is 11.0. The largest absolute Gasteiger partial charge is 0.494 e. The van der Waals surface area contributed by atoms with E-state index in [1.54, 1.807) is 16.7 Å². The summed E-state index contributed by atoms with van der Waals surface area (Å²) in [5, 5.41) is 4.96. The molecule has 0 saturated carbocycles. The monoisotopic (exact) mass is 483 g/mol. The van der Waals surface area contributed by atoms with E-state index in [1.807, 2.05) is 31.4 Å². The summed E-state index contributed by atoms with van der Waals surface area (Å²) >= 11 is 2.52. The van der Waals surface area contributed by atoms with Gasteiger partial charge in [-0.3, -0.25) is 14.2 Å². The first-order valence-corrected chi connectivity index (χ1v) is 12.0. The number of aromatic nitrogens is 2. The fourth-order valence-corrected chi connectivity index (χ4v) is 4.91. The number of aryl methyl sites for hydroxylation is 2. The van der Waals surface area contributed by atoms with Crippen LogP contribution < -0.4 is 15.6 Å². The molecule has 0 unspecified atom stereocenters. The van der Waals surface area contributed by atoms with Crippen molar-refractivity contribution in [3.8, 4) is 5.75 Å². The summed E-state index contributed by atoms with van der Waals surface area (Å²) < 4.78 is 21.0. The Labute approximate surface area is 198 Å². The van der Waals surface area contributed by atoms with Crippen LogP contribution in [0.4, 0.5) is 10.1 Å². The number of thiophene rings is 1. The molecule has 0 aliphatic carbocycles. The van der Waals surface area contributed by atoms with E-state index in [9.17, 15) is 14.0 Å². The Morgan fingerprint density at radius 2 is 2.00 bits per heavy atom. The van der Waals surface area contributed by atoms with Crippen LogP contribution in [0.2, 0.25) is 0 Å². The number of hydrogen-bond donors (Lipinski definition) is 1. The Balaban J connectivity index is 1.56. The van der Waals surface area contributed by atoms with E-state index in [2.05, 4.69) is 16.4 Å². The molecule has 0 radical (unpaired) electrons. The second kappa shape index (κ2) is 9.76. The number of nitrogens with one attached hydrogen (secondary N) is 1. The fourth-order valence-electron chi connectivity index (χ4n) is 3.33. The molecular formula is C24H22FN3O3S2. The predicted octanol–water partition coefficient (Wildman–Crippen LogP) is 5.00. The Morgan fingerprint density at radius 3 is 2.73 bits per heavy atom. The summed E-state index contributed by atoms with van der Waals surface area (Å²) in [5.41, 5.74) is 4.12. The van der Waals surface area contributed by atoms with Gasteiger partial charge in [0.05, 0.1) is 24.9 Å². The Bertz CT molecular complexity index is 1400. The lowest BCUT2D eigenvalue weighted by Crippen LogP contribution is -2.24. The lowest BCUT2D eigenvalue weighted by Gasteiger charge is -2.13. The number of ether oxygens (including phenoxy) is 1. The predicted molar refractivity (Wildman–Crippen MR) is 131 cm³/mol. The number of fused-ring (bicyclic) bond motifs is 1. The van der Waals surface area contributed by atoms with Crippen molar-refractivity contribution in [3.63, 3.8) is 0 Å². The van der Waals surface area contributed by atoms with Crippen molar-refractivity contribution in [2.45, 2.75) is 25.5 Å². The Morgan fingerprint density at radius 1 is 1.18 bits per heavy atom. The van der Waals surface area contributed by atoms with Crippen molar-refractivity contribution in [2.75, 3.05) is 18.2 Å². The van der Waals surface area contributed by atoms with Gasteiger partial charge < -0.3 is 10.1 Å². The molecule has 6 nitrogen and oxygen atoms in total. The van der Waals surface area contributed by atoms with Crippen molar-refractivity contribution in [3.05, 3.63) is 80.7 Å². The number of amides is 1. The number of hydrogen-bond acceptors (Lipinski definition) is 6. The van der Waals surface area contributed by atoms with Gasteiger partial charge in [-0.2, -0.15) is 0 Å². The van der Waals surface area contributed by atoms with Gasteiger partial charge in [0.25, 0.3) is 5.56 Å². The lowest BCUT2D eigenvalue weighted by atomic mass is 10.1. The highest BCUT2D eigenvalue weighted by Gasteiger charge is 2.15. The van der Waals surface area contributed by atoms with Gasteiger partial charge >= 0.3 is 0 Å². The van der Waals surface area contributed by atoms with Crippen LogP contribution >= 0.6 is 23.1 Å². The van der Waals surface area contributed by atoms with Crippen LogP contribution in [0.1, 0.15) is 16.7 Å². The van der Waals surface area contributed by atoms with Crippen LogP contribution in [-0.4, -0.2) is 28.3 Å². The molecule has 0 fully saturated rings. The topological polar surface area (TPSA) is 73.2 Å². The quantitative estimate of drug-likeness (QED) is 0.296. The number of thioether (sulfide) groups is 1. The van der Waals surface area contributed by atoms with E-state index in [1.165, 1.54) is 47.9 Å². The fraction of sp³-hybridized carbons (Fsp3) is 0.208. The standard InChI is InChI=1S/C24H22FN3O3S2/c1-14-4-5-16(10-15(14)2)12-28-23(30)22-19(8-9-32-22)27-24(28)33-13-21(29)26-17-6-7-20(31-3)18(25)11-17/h4-11H,12-13H2,1-3H3,(H,26,29). The van der Waals surface area contributed by atoms with Gasteiger partial charge in [0.2, 0.25) is 5.91 Å². The molecule has 0 spiro atoms. The number of methoxy groups -OCH3 is 1. The molecule has 0 aliphatic heterocycles. The van der Waals surface area contributed by atoms with Crippen molar-refractivity contribution in [1.29, 1.82) is 0 Å². The number of anilines is 1. The van der Waals surface area contributed by atoms with Crippen LogP contribution in [-0.2, 0) is 11.3 Å². The molecule has 2 heterocycles. The van der Waals surface area contributed by atoms with Gasteiger partial charge in [0.1, 0.15) is 4.70 Å². The van der Waals surface area contributed by atoms with Gasteiger partial charge in [-0.05, 0) is 54.1 Å². The molecule has 4 rings (SSSR count). The van der Waals surface area contributed by atoms with E-state index >= 15 is 0 Å². The van der Waals surface area contributed by atoms with Gasteiger partial charge in [-0.25, -0.2) is 9.37 Å². The van der Waals surface area contributed by atoms with Crippen LogP contribution in [0.3, 0.4) is 0 Å². The van der Waals surface area contributed by atoms with E-state index in [4.69, 9.17) is 4.74 Å². The Kier molecular flexibility index (Phi) is 6.80. The van der Waals surface area contributed by atoms with E-state index in [0.717, 1.165) is 11.1 Å². The van der Waals surface area contributed by atoms with E-state index < -0.39 is 5.82 Å². The highest BCUT2D eigenvalue weighted by Crippen LogP contribution is 2.24. The van der Waals surface area contributed by atoms with Gasteiger partial charge in [-0.15, -0.1) is 11.3 Å². The molecule has 0 saturated heterocycles.